The molecular weight excluding hydrogens is 236 g/mol. The van der Waals surface area contributed by atoms with E-state index < -0.39 is 14.5 Å². The van der Waals surface area contributed by atoms with E-state index in [1.807, 2.05) is 20.8 Å². The highest BCUT2D eigenvalue weighted by atomic mass is 35.7. The van der Waals surface area contributed by atoms with Crippen molar-refractivity contribution in [2.75, 3.05) is 12.4 Å². The van der Waals surface area contributed by atoms with Crippen LogP contribution in [0.3, 0.4) is 0 Å². The van der Waals surface area contributed by atoms with Crippen LogP contribution in [0.4, 0.5) is 0 Å². The lowest BCUT2D eigenvalue weighted by Crippen LogP contribution is -2.29. The first-order valence-electron chi connectivity index (χ1n) is 5.20. The third-order valence-electron chi connectivity index (χ3n) is 2.02. The van der Waals surface area contributed by atoms with Crippen LogP contribution in [0, 0.1) is 5.41 Å². The van der Waals surface area contributed by atoms with Crippen LogP contribution in [0.5, 0.6) is 0 Å². The zero-order chi connectivity index (χ0) is 12.1. The predicted octanol–water partition coefficient (Wildman–Crippen LogP) is 2.79. The molecule has 0 spiro atoms. The van der Waals surface area contributed by atoms with Crippen LogP contribution in [0.1, 0.15) is 40.5 Å². The standard InChI is InChI=1S/C10H21ClO3S/c1-5-6-9(2)14-7-10(3,4)8-15(11,12)13/h9H,5-8H2,1-4H3. The maximum atomic E-state index is 10.9. The number of rotatable bonds is 7. The lowest BCUT2D eigenvalue weighted by Gasteiger charge is -2.24. The highest BCUT2D eigenvalue weighted by Gasteiger charge is 2.25. The Balaban J connectivity index is 4.04. The Morgan fingerprint density at radius 2 is 1.93 bits per heavy atom. The number of ether oxygens (including phenoxy) is 1. The van der Waals surface area contributed by atoms with Gasteiger partial charge in [0.2, 0.25) is 9.05 Å². The summed E-state index contributed by atoms with van der Waals surface area (Å²) in [6.07, 6.45) is 2.23. The van der Waals surface area contributed by atoms with Crippen LogP contribution in [-0.4, -0.2) is 26.9 Å². The minimum atomic E-state index is -3.45. The molecule has 0 radical (unpaired) electrons. The summed E-state index contributed by atoms with van der Waals surface area (Å²) >= 11 is 0. The molecule has 0 aliphatic rings. The summed E-state index contributed by atoms with van der Waals surface area (Å²) in [7, 11) is 1.76. The van der Waals surface area contributed by atoms with E-state index in [2.05, 4.69) is 6.92 Å². The number of hydrogen-bond acceptors (Lipinski definition) is 3. The van der Waals surface area contributed by atoms with E-state index >= 15 is 0 Å². The predicted molar refractivity (Wildman–Crippen MR) is 63.7 cm³/mol. The van der Waals surface area contributed by atoms with Crippen molar-refractivity contribution in [3.63, 3.8) is 0 Å². The Bertz CT molecular complexity index is 272. The number of halogens is 1. The van der Waals surface area contributed by atoms with Gasteiger partial charge in [-0.2, -0.15) is 0 Å². The van der Waals surface area contributed by atoms with Crippen molar-refractivity contribution in [2.45, 2.75) is 46.6 Å². The quantitative estimate of drug-likeness (QED) is 0.658. The van der Waals surface area contributed by atoms with E-state index in [-0.39, 0.29) is 11.9 Å². The average molecular weight is 257 g/mol. The summed E-state index contributed by atoms with van der Waals surface area (Å²) in [5.41, 5.74) is -0.428. The van der Waals surface area contributed by atoms with Crippen molar-refractivity contribution >= 4 is 19.7 Å². The molecule has 15 heavy (non-hydrogen) atoms. The van der Waals surface area contributed by atoms with E-state index in [0.717, 1.165) is 12.8 Å². The minimum Gasteiger partial charge on any atom is -0.378 e. The summed E-state index contributed by atoms with van der Waals surface area (Å²) in [6, 6.07) is 0. The molecule has 0 amide bonds. The second-order valence-electron chi connectivity index (χ2n) is 4.76. The molecule has 0 aromatic heterocycles. The second-order valence-corrected chi connectivity index (χ2v) is 7.53. The molecule has 0 heterocycles. The molecular formula is C10H21ClO3S. The fourth-order valence-electron chi connectivity index (χ4n) is 1.37. The van der Waals surface area contributed by atoms with Gasteiger partial charge in [-0.3, -0.25) is 0 Å². The Morgan fingerprint density at radius 3 is 2.33 bits per heavy atom. The van der Waals surface area contributed by atoms with Crippen molar-refractivity contribution in [2.24, 2.45) is 5.41 Å². The van der Waals surface area contributed by atoms with Crippen molar-refractivity contribution in [3.05, 3.63) is 0 Å². The van der Waals surface area contributed by atoms with Crippen molar-refractivity contribution in [1.29, 1.82) is 0 Å². The zero-order valence-corrected chi connectivity index (χ0v) is 11.5. The first-order chi connectivity index (χ1) is 6.66. The van der Waals surface area contributed by atoms with Gasteiger partial charge in [-0.05, 0) is 13.3 Å². The molecule has 0 N–H and O–H groups in total. The van der Waals surface area contributed by atoms with Crippen molar-refractivity contribution < 1.29 is 13.2 Å². The fraction of sp³-hybridized carbons (Fsp3) is 1.00. The van der Waals surface area contributed by atoms with Crippen LogP contribution in [0.15, 0.2) is 0 Å². The minimum absolute atomic E-state index is 0.0552. The van der Waals surface area contributed by atoms with Gasteiger partial charge in [-0.15, -0.1) is 0 Å². The summed E-state index contributed by atoms with van der Waals surface area (Å²) in [5, 5.41) is 0. The molecule has 0 aromatic carbocycles. The van der Waals surface area contributed by atoms with Gasteiger partial charge in [0, 0.05) is 16.1 Å². The normalized spacial score (nSPS) is 15.3. The third-order valence-corrected chi connectivity index (χ3v) is 3.47. The van der Waals surface area contributed by atoms with Crippen LogP contribution >= 0.6 is 10.7 Å². The highest BCUT2D eigenvalue weighted by molar-refractivity contribution is 8.13. The Hall–Kier alpha value is 0.200. The number of hydrogen-bond donors (Lipinski definition) is 0. The van der Waals surface area contributed by atoms with E-state index in [1.54, 1.807) is 0 Å². The molecule has 3 nitrogen and oxygen atoms in total. The topological polar surface area (TPSA) is 43.4 Å². The van der Waals surface area contributed by atoms with Crippen LogP contribution in [-0.2, 0) is 13.8 Å². The molecule has 0 saturated heterocycles. The monoisotopic (exact) mass is 256 g/mol. The van der Waals surface area contributed by atoms with Gasteiger partial charge >= 0.3 is 0 Å². The maximum absolute atomic E-state index is 10.9. The van der Waals surface area contributed by atoms with Gasteiger partial charge < -0.3 is 4.74 Å². The van der Waals surface area contributed by atoms with E-state index in [4.69, 9.17) is 15.4 Å². The smallest absolute Gasteiger partial charge is 0.233 e. The summed E-state index contributed by atoms with van der Waals surface area (Å²) < 4.78 is 27.4. The SMILES string of the molecule is CCCC(C)OCC(C)(C)CS(=O)(=O)Cl. The molecule has 0 saturated carbocycles. The van der Waals surface area contributed by atoms with E-state index in [0.29, 0.717) is 6.61 Å². The van der Waals surface area contributed by atoms with Gasteiger partial charge in [0.25, 0.3) is 0 Å². The van der Waals surface area contributed by atoms with Crippen LogP contribution in [0.2, 0.25) is 0 Å². The molecule has 0 aliphatic heterocycles. The molecule has 5 heteroatoms. The zero-order valence-electron chi connectivity index (χ0n) is 9.92. The summed E-state index contributed by atoms with van der Waals surface area (Å²) in [4.78, 5) is 0. The molecule has 92 valence electrons. The van der Waals surface area contributed by atoms with Gasteiger partial charge in [0.05, 0.1) is 18.5 Å². The Labute approximate surface area is 97.6 Å². The van der Waals surface area contributed by atoms with Gasteiger partial charge in [0.15, 0.2) is 0 Å². The van der Waals surface area contributed by atoms with Gasteiger partial charge in [-0.1, -0.05) is 27.2 Å². The third kappa shape index (κ3) is 9.15. The molecule has 0 bridgehead atoms. The summed E-state index contributed by atoms with van der Waals surface area (Å²) in [6.45, 7) is 8.18. The van der Waals surface area contributed by atoms with E-state index in [9.17, 15) is 8.42 Å². The Kier molecular flexibility index (Phi) is 6.14. The van der Waals surface area contributed by atoms with Gasteiger partial charge in [-0.25, -0.2) is 8.42 Å². The molecule has 1 atom stereocenters. The molecule has 0 fully saturated rings. The average Bonchev–Trinajstić information content (AvgIpc) is 1.97. The van der Waals surface area contributed by atoms with Gasteiger partial charge in [0.1, 0.15) is 0 Å². The summed E-state index contributed by atoms with van der Waals surface area (Å²) in [5.74, 6) is -0.0552. The largest absolute Gasteiger partial charge is 0.378 e. The van der Waals surface area contributed by atoms with Crippen LogP contribution < -0.4 is 0 Å². The second kappa shape index (κ2) is 6.06. The van der Waals surface area contributed by atoms with Crippen molar-refractivity contribution in [3.8, 4) is 0 Å². The molecule has 0 rings (SSSR count). The highest BCUT2D eigenvalue weighted by Crippen LogP contribution is 2.21. The van der Waals surface area contributed by atoms with Crippen molar-refractivity contribution in [1.82, 2.24) is 0 Å². The fourth-order valence-corrected chi connectivity index (χ4v) is 3.27. The van der Waals surface area contributed by atoms with Crippen LogP contribution in [0.25, 0.3) is 0 Å². The Morgan fingerprint density at radius 1 is 1.40 bits per heavy atom. The first-order valence-corrected chi connectivity index (χ1v) is 7.68. The van der Waals surface area contributed by atoms with E-state index in [1.165, 1.54) is 0 Å². The lowest BCUT2D eigenvalue weighted by molar-refractivity contribution is 0.0153. The molecule has 0 aliphatic carbocycles. The molecule has 1 unspecified atom stereocenters. The maximum Gasteiger partial charge on any atom is 0.233 e. The lowest BCUT2D eigenvalue weighted by atomic mass is 9.98. The molecule has 0 aromatic rings. The first kappa shape index (κ1) is 15.2.